The van der Waals surface area contributed by atoms with E-state index in [0.717, 1.165) is 98.6 Å². The van der Waals surface area contributed by atoms with Gasteiger partial charge in [0.1, 0.15) is 28.2 Å². The number of aromatic nitrogens is 29. The molecule has 32 heteroatoms. The van der Waals surface area contributed by atoms with E-state index < -0.39 is 0 Å². The Labute approximate surface area is 800 Å². The standard InChI is InChI=1S/C35H21N9.2C34H20N10.Cu.2Pt/c1-3-11-21(12-4-1)27-19-28-36-30-24-16-8-10-18-26(24)33(41-30)43-35-39-29(20-44(35)22-13-5-2-6-14-22)38-31-23-15-7-9-17-25(23)32(40-31)42-34(27)37-28;1-3-11-21(12-4-1)43-19-27-35-29-24-16-8-10-18-26(24)32(40-29)42-34-38-28(20-44(34)22-13-5-2-6-14-22)36-30-23-15-7-9-17-25(23)31(39-30)41-33(43)37-27;1-3-11-21(12-4-1)43-19-27-35-29-23-15-7-8-16-24(23)30(39-29)36-28-20-44(22-13-5-2-6-14-22)34(38-28)42-32-26-18-10-9-17-25(26)31(40-32)41-33(43)37-27;;;/h1-20,27H;2*1-20H;;;/q3*-2;3*+2. The van der Waals surface area contributed by atoms with E-state index in [-0.39, 0.29) is 65.1 Å². The SMILES string of the molecule is C1=c2nc(nc3[n-]c(nc4cn(-c5ccccc5)c(n4)nc4[n-]c(n2)c2ccccc42)c2ccccc32)C1c1ccccc1.[Cu+2].[Pt+2].[Pt+2].c1ccc(-n2cc3nc4[n-]c(nc5cn(-c6ccccc6)c(n5)nc5[n-]c(nc2n3)c2ccccc52)c2ccccc42)cc1.c1ccc(-n2cc3nc4[n-]c(nc5nc(cn5-c5ccccc5)nc5[n-]c(nc2n3)c2ccccc52)c2ccccc42)cc1. The van der Waals surface area contributed by atoms with Gasteiger partial charge in [-0.25, -0.2) is 29.9 Å². The van der Waals surface area contributed by atoms with Crippen LogP contribution in [0.2, 0.25) is 0 Å². The molecule has 0 fully saturated rings. The van der Waals surface area contributed by atoms with Gasteiger partial charge in [0.25, 0.3) is 0 Å². The van der Waals surface area contributed by atoms with Gasteiger partial charge in [0.15, 0.2) is 28.9 Å². The summed E-state index contributed by atoms with van der Waals surface area (Å²) in [5.74, 6) is 2.60. The number of imidazole rings is 5. The Kier molecular flexibility index (Phi) is 21.8. The van der Waals surface area contributed by atoms with Crippen LogP contribution in [0.4, 0.5) is 0 Å². The molecule has 14 aromatic heterocycles. The van der Waals surface area contributed by atoms with Crippen LogP contribution >= 0.6 is 0 Å². The first-order valence-electron chi connectivity index (χ1n) is 42.3. The zero-order valence-electron chi connectivity index (χ0n) is 70.1. The molecule has 1 aliphatic rings. The van der Waals surface area contributed by atoms with Crippen molar-refractivity contribution in [2.75, 3.05) is 0 Å². The Morgan fingerprint density at radius 2 is 0.356 bits per heavy atom. The molecule has 1 atom stereocenters. The monoisotopic (exact) mass is 2160 g/mol. The van der Waals surface area contributed by atoms with Gasteiger partial charge < -0.3 is 89.7 Å². The van der Waals surface area contributed by atoms with Crippen molar-refractivity contribution in [3.8, 4) is 28.4 Å². The fourth-order valence-corrected chi connectivity index (χ4v) is 16.7. The number of para-hydroxylation sites is 5. The maximum absolute atomic E-state index is 5.03. The summed E-state index contributed by atoms with van der Waals surface area (Å²) < 4.78 is 9.53. The molecule has 24 bridgehead atoms. The van der Waals surface area contributed by atoms with Crippen LogP contribution in [0.3, 0.4) is 0 Å². The van der Waals surface area contributed by atoms with Gasteiger partial charge in [0, 0.05) is 133 Å². The Balaban J connectivity index is 0.000000116. The summed E-state index contributed by atoms with van der Waals surface area (Å²) in [5, 5.41) is 10.4. The van der Waals surface area contributed by atoms with Crippen molar-refractivity contribution in [1.82, 2.24) is 142 Å². The molecule has 0 aliphatic carbocycles. The van der Waals surface area contributed by atoms with Gasteiger partial charge in [-0.2, -0.15) is 0 Å². The molecule has 135 heavy (non-hydrogen) atoms. The second kappa shape index (κ2) is 35.3. The Hall–Kier alpha value is -17.2. The van der Waals surface area contributed by atoms with E-state index in [0.29, 0.717) is 136 Å². The maximum Gasteiger partial charge on any atom is 2.00 e. The third-order valence-corrected chi connectivity index (χ3v) is 22.8. The molecular weight excluding hydrogens is 2100 g/mol. The minimum Gasteiger partial charge on any atom is -0.357 e. The first kappa shape index (κ1) is 83.5. The van der Waals surface area contributed by atoms with Crippen molar-refractivity contribution < 1.29 is 59.2 Å². The molecule has 1 radical (unpaired) electrons. The first-order chi connectivity index (χ1) is 65.3. The Morgan fingerprint density at radius 3 is 0.570 bits per heavy atom. The Bertz CT molecular complexity index is 9190. The number of benzene rings is 12. The van der Waals surface area contributed by atoms with Crippen LogP contribution < -0.4 is 35.4 Å². The molecule has 649 valence electrons. The maximum atomic E-state index is 5.03. The minimum atomic E-state index is -0.199. The van der Waals surface area contributed by atoms with E-state index >= 15 is 0 Å². The average Bonchev–Trinajstić information content (AvgIpc) is 1.62. The average molecular weight is 2160 g/mol. The van der Waals surface area contributed by atoms with Crippen LogP contribution in [0.25, 0.3) is 224 Å². The Morgan fingerprint density at radius 1 is 0.178 bits per heavy atom. The number of rotatable bonds is 6. The smallest absolute Gasteiger partial charge is 0.357 e. The summed E-state index contributed by atoms with van der Waals surface area (Å²) in [6.45, 7) is 0. The van der Waals surface area contributed by atoms with Gasteiger partial charge >= 0.3 is 59.2 Å². The molecule has 29 nitrogen and oxygen atoms in total. The van der Waals surface area contributed by atoms with E-state index in [2.05, 4.69) is 12.1 Å². The largest absolute Gasteiger partial charge is 2.00 e. The van der Waals surface area contributed by atoms with Gasteiger partial charge in [0.05, 0.1) is 11.3 Å². The minimum absolute atomic E-state index is 0. The summed E-state index contributed by atoms with van der Waals surface area (Å²) >= 11 is 0. The van der Waals surface area contributed by atoms with Crippen LogP contribution in [0.5, 0.6) is 0 Å². The zero-order valence-corrected chi connectivity index (χ0v) is 75.6. The van der Waals surface area contributed by atoms with Crippen molar-refractivity contribution in [2.45, 2.75) is 5.92 Å². The number of hydrogen-bond acceptors (Lipinski definition) is 18. The van der Waals surface area contributed by atoms with Crippen molar-refractivity contribution in [1.29, 1.82) is 0 Å². The fraction of sp³-hybridized carbons (Fsp3) is 0.00971. The van der Waals surface area contributed by atoms with E-state index in [1.165, 1.54) is 0 Å². The third kappa shape index (κ3) is 15.7. The van der Waals surface area contributed by atoms with Gasteiger partial charge in [-0.1, -0.05) is 267 Å². The predicted octanol–water partition coefficient (Wildman–Crippen LogP) is 17.7. The van der Waals surface area contributed by atoms with Crippen LogP contribution in [0.15, 0.2) is 359 Å². The van der Waals surface area contributed by atoms with Crippen molar-refractivity contribution >= 4 is 196 Å². The fourth-order valence-electron chi connectivity index (χ4n) is 16.7. The topological polar surface area (TPSA) is 341 Å². The van der Waals surface area contributed by atoms with Crippen LogP contribution in [-0.4, -0.2) is 113 Å². The molecule has 15 heterocycles. The summed E-state index contributed by atoms with van der Waals surface area (Å²) in [4.78, 5) is 118. The molecule has 0 spiro atoms. The van der Waals surface area contributed by atoms with Crippen LogP contribution in [0, 0.1) is 0 Å². The zero-order chi connectivity index (χ0) is 87.1. The number of fused-ring (bicyclic) bond motifs is 42. The van der Waals surface area contributed by atoms with Gasteiger partial charge in [-0.05, 0) is 137 Å². The number of hydrogen-bond donors (Lipinski definition) is 0. The van der Waals surface area contributed by atoms with Gasteiger partial charge in [-0.3, -0.25) is 22.8 Å². The molecule has 0 saturated heterocycles. The van der Waals surface area contributed by atoms with Gasteiger partial charge in [-0.15, -0.1) is 0 Å². The van der Waals surface area contributed by atoms with E-state index in [9.17, 15) is 0 Å². The van der Waals surface area contributed by atoms with Crippen molar-refractivity contribution in [3.05, 3.63) is 375 Å². The molecule has 27 rings (SSSR count). The quantitative estimate of drug-likeness (QED) is 0.140. The van der Waals surface area contributed by atoms with Crippen molar-refractivity contribution in [2.24, 2.45) is 0 Å². The summed E-state index contributed by atoms with van der Waals surface area (Å²) in [7, 11) is 0. The molecular formula is C103H61CuN29Pt2. The molecule has 0 saturated carbocycles. The van der Waals surface area contributed by atoms with Gasteiger partial charge in [0.2, 0.25) is 0 Å². The van der Waals surface area contributed by atoms with Crippen molar-refractivity contribution in [3.63, 3.8) is 0 Å². The normalized spacial score (nSPS) is 12.1. The third-order valence-electron chi connectivity index (χ3n) is 22.8. The molecule has 26 aromatic rings. The molecule has 1 unspecified atom stereocenters. The van der Waals surface area contributed by atoms with E-state index in [1.54, 1.807) is 0 Å². The predicted molar refractivity (Wildman–Crippen MR) is 510 cm³/mol. The molecule has 0 amide bonds. The second-order valence-corrected chi connectivity index (χ2v) is 31.1. The molecule has 1 aliphatic heterocycles. The first-order valence-corrected chi connectivity index (χ1v) is 42.3. The summed E-state index contributed by atoms with van der Waals surface area (Å²) in [6.07, 6.45) is 11.3. The molecule has 12 aromatic carbocycles. The van der Waals surface area contributed by atoms with E-state index in [4.69, 9.17) is 120 Å². The molecule has 0 N–H and O–H groups in total. The number of nitrogens with zero attached hydrogens (tertiary/aromatic N) is 29. The van der Waals surface area contributed by atoms with Crippen LogP contribution in [0.1, 0.15) is 17.3 Å². The van der Waals surface area contributed by atoms with Crippen LogP contribution in [-0.2, 0) is 59.2 Å². The summed E-state index contributed by atoms with van der Waals surface area (Å²) in [6, 6.07) is 107. The van der Waals surface area contributed by atoms with E-state index in [1.807, 2.05) is 375 Å². The second-order valence-electron chi connectivity index (χ2n) is 31.1. The summed E-state index contributed by atoms with van der Waals surface area (Å²) in [5.41, 5.74) is 14.6.